The van der Waals surface area contributed by atoms with Crippen molar-refractivity contribution in [3.8, 4) is 0 Å². The third kappa shape index (κ3) is 5.40. The van der Waals surface area contributed by atoms with E-state index in [2.05, 4.69) is 15.8 Å². The van der Waals surface area contributed by atoms with Crippen LogP contribution in [0.15, 0.2) is 23.3 Å². The first-order valence-corrected chi connectivity index (χ1v) is 6.68. The zero-order valence-electron chi connectivity index (χ0n) is 11.8. The summed E-state index contributed by atoms with van der Waals surface area (Å²) in [6, 6.07) is 5.29. The number of rotatable bonds is 5. The summed E-state index contributed by atoms with van der Waals surface area (Å²) in [5.74, 6) is -0.391. The van der Waals surface area contributed by atoms with Crippen molar-refractivity contribution in [1.29, 1.82) is 0 Å². The molecule has 0 radical (unpaired) electrons. The van der Waals surface area contributed by atoms with Gasteiger partial charge in [0.1, 0.15) is 0 Å². The summed E-state index contributed by atoms with van der Waals surface area (Å²) in [6.07, 6.45) is 0.459. The van der Waals surface area contributed by atoms with E-state index < -0.39 is 0 Å². The lowest BCUT2D eigenvalue weighted by Crippen LogP contribution is -2.20. The Morgan fingerprint density at radius 2 is 2.00 bits per heavy atom. The minimum Gasteiger partial charge on any atom is -0.325 e. The molecule has 0 fully saturated rings. The smallest absolute Gasteiger partial charge is 0.239 e. The number of benzene rings is 1. The van der Waals surface area contributed by atoms with Crippen molar-refractivity contribution in [2.24, 2.45) is 5.10 Å². The zero-order chi connectivity index (χ0) is 15.1. The van der Waals surface area contributed by atoms with E-state index in [9.17, 15) is 9.59 Å². The van der Waals surface area contributed by atoms with Gasteiger partial charge in [-0.1, -0.05) is 24.6 Å². The Bertz CT molecular complexity index is 541. The van der Waals surface area contributed by atoms with E-state index in [0.717, 1.165) is 5.56 Å². The molecular formula is C14H18ClN3O2. The van der Waals surface area contributed by atoms with E-state index in [1.807, 2.05) is 13.0 Å². The monoisotopic (exact) mass is 295 g/mol. The number of carbonyl (C=O) groups excluding carboxylic acids is 2. The van der Waals surface area contributed by atoms with Gasteiger partial charge >= 0.3 is 0 Å². The van der Waals surface area contributed by atoms with Gasteiger partial charge in [0.2, 0.25) is 11.8 Å². The predicted octanol–water partition coefficient (Wildman–Crippen LogP) is 2.88. The van der Waals surface area contributed by atoms with Gasteiger partial charge in [-0.05, 0) is 31.5 Å². The quantitative estimate of drug-likeness (QED) is 0.648. The van der Waals surface area contributed by atoms with Gasteiger partial charge in [-0.15, -0.1) is 0 Å². The highest BCUT2D eigenvalue weighted by molar-refractivity contribution is 6.31. The summed E-state index contributed by atoms with van der Waals surface area (Å²) in [6.45, 7) is 5.30. The maximum Gasteiger partial charge on any atom is 0.239 e. The Morgan fingerprint density at radius 1 is 1.30 bits per heavy atom. The molecule has 2 amide bonds. The van der Waals surface area contributed by atoms with Crippen molar-refractivity contribution < 1.29 is 9.59 Å². The van der Waals surface area contributed by atoms with Crippen molar-refractivity contribution in [2.45, 2.75) is 33.6 Å². The van der Waals surface area contributed by atoms with Crippen molar-refractivity contribution >= 4 is 34.8 Å². The van der Waals surface area contributed by atoms with E-state index in [4.69, 9.17) is 11.6 Å². The normalized spacial score (nSPS) is 11.1. The fourth-order valence-electron chi connectivity index (χ4n) is 1.43. The molecule has 0 saturated carbocycles. The van der Waals surface area contributed by atoms with Crippen LogP contribution in [0.1, 0.15) is 32.3 Å². The Balaban J connectivity index is 2.59. The number of halogens is 1. The summed E-state index contributed by atoms with van der Waals surface area (Å²) < 4.78 is 0. The first kappa shape index (κ1) is 16.2. The van der Waals surface area contributed by atoms with Crippen molar-refractivity contribution in [3.05, 3.63) is 28.8 Å². The summed E-state index contributed by atoms with van der Waals surface area (Å²) in [7, 11) is 0. The Labute approximate surface area is 123 Å². The molecule has 0 aromatic heterocycles. The maximum atomic E-state index is 11.9. The van der Waals surface area contributed by atoms with Crippen LogP contribution in [-0.2, 0) is 9.59 Å². The zero-order valence-corrected chi connectivity index (χ0v) is 12.5. The number of hydrazone groups is 1. The van der Waals surface area contributed by atoms with Crippen LogP contribution in [-0.4, -0.2) is 17.5 Å². The van der Waals surface area contributed by atoms with E-state index in [0.29, 0.717) is 22.8 Å². The number of anilines is 1. The average molecular weight is 296 g/mol. The van der Waals surface area contributed by atoms with Gasteiger partial charge in [-0.3, -0.25) is 9.59 Å². The molecule has 0 aliphatic heterocycles. The van der Waals surface area contributed by atoms with Gasteiger partial charge in [-0.2, -0.15) is 5.10 Å². The first-order valence-electron chi connectivity index (χ1n) is 6.30. The Hall–Kier alpha value is -1.88. The first-order chi connectivity index (χ1) is 9.42. The number of hydrogen-bond acceptors (Lipinski definition) is 3. The lowest BCUT2D eigenvalue weighted by molar-refractivity contribution is -0.121. The molecule has 1 rings (SSSR count). The minimum absolute atomic E-state index is 0.107. The van der Waals surface area contributed by atoms with Crippen LogP contribution >= 0.6 is 11.6 Å². The summed E-state index contributed by atoms with van der Waals surface area (Å²) >= 11 is 5.88. The van der Waals surface area contributed by atoms with E-state index in [1.165, 1.54) is 0 Å². The van der Waals surface area contributed by atoms with Crippen molar-refractivity contribution in [3.63, 3.8) is 0 Å². The molecule has 0 aliphatic rings. The van der Waals surface area contributed by atoms with Crippen LogP contribution < -0.4 is 10.7 Å². The molecule has 20 heavy (non-hydrogen) atoms. The number of aryl methyl sites for hydroxylation is 1. The number of nitrogens with one attached hydrogen (secondary N) is 2. The highest BCUT2D eigenvalue weighted by Gasteiger charge is 2.07. The van der Waals surface area contributed by atoms with Gasteiger partial charge in [-0.25, -0.2) is 5.43 Å². The Morgan fingerprint density at radius 3 is 2.65 bits per heavy atom. The molecule has 0 bridgehead atoms. The van der Waals surface area contributed by atoms with Gasteiger partial charge in [0, 0.05) is 22.8 Å². The van der Waals surface area contributed by atoms with Gasteiger partial charge in [0.25, 0.3) is 0 Å². The van der Waals surface area contributed by atoms with E-state index >= 15 is 0 Å². The molecule has 0 spiro atoms. The molecule has 2 N–H and O–H groups in total. The lowest BCUT2D eigenvalue weighted by atomic mass is 10.2. The third-order valence-corrected chi connectivity index (χ3v) is 2.82. The molecule has 0 heterocycles. The minimum atomic E-state index is -0.206. The van der Waals surface area contributed by atoms with Crippen LogP contribution in [0.25, 0.3) is 0 Å². The molecule has 108 valence electrons. The fraction of sp³-hybridized carbons (Fsp3) is 0.357. The number of hydrogen-bond donors (Lipinski definition) is 2. The summed E-state index contributed by atoms with van der Waals surface area (Å²) in [5, 5.41) is 7.17. The molecule has 0 unspecified atom stereocenters. The highest BCUT2D eigenvalue weighted by atomic mass is 35.5. The highest BCUT2D eigenvalue weighted by Crippen LogP contribution is 2.20. The van der Waals surface area contributed by atoms with Crippen LogP contribution in [0.5, 0.6) is 0 Å². The standard InChI is InChI=1S/C14H18ClN3O2/c1-4-13(19)18-17-10(3)7-14(20)16-12-8-11(15)6-5-9(12)2/h5-6,8H,4,7H2,1-3H3,(H,16,20)(H,18,19)/b17-10-. The summed E-state index contributed by atoms with van der Waals surface area (Å²) in [4.78, 5) is 22.9. The molecule has 0 atom stereocenters. The van der Waals surface area contributed by atoms with Crippen LogP contribution in [0.2, 0.25) is 5.02 Å². The predicted molar refractivity (Wildman–Crippen MR) is 81.0 cm³/mol. The fourth-order valence-corrected chi connectivity index (χ4v) is 1.60. The molecule has 1 aromatic rings. The molecule has 0 aliphatic carbocycles. The number of carbonyl (C=O) groups is 2. The van der Waals surface area contributed by atoms with Gasteiger partial charge in [0.15, 0.2) is 0 Å². The van der Waals surface area contributed by atoms with Crippen LogP contribution in [0.3, 0.4) is 0 Å². The van der Waals surface area contributed by atoms with Crippen molar-refractivity contribution in [1.82, 2.24) is 5.43 Å². The molecule has 6 heteroatoms. The van der Waals surface area contributed by atoms with Crippen LogP contribution in [0, 0.1) is 6.92 Å². The van der Waals surface area contributed by atoms with E-state index in [-0.39, 0.29) is 18.2 Å². The van der Waals surface area contributed by atoms with Crippen LogP contribution in [0.4, 0.5) is 5.69 Å². The van der Waals surface area contributed by atoms with E-state index in [1.54, 1.807) is 26.0 Å². The molecular weight excluding hydrogens is 278 g/mol. The largest absolute Gasteiger partial charge is 0.325 e. The number of amides is 2. The molecule has 5 nitrogen and oxygen atoms in total. The third-order valence-electron chi connectivity index (χ3n) is 2.58. The average Bonchev–Trinajstić information content (AvgIpc) is 2.40. The summed E-state index contributed by atoms with van der Waals surface area (Å²) in [5.41, 5.74) is 4.50. The van der Waals surface area contributed by atoms with Crippen molar-refractivity contribution in [2.75, 3.05) is 5.32 Å². The van der Waals surface area contributed by atoms with Gasteiger partial charge in [0.05, 0.1) is 6.42 Å². The SMILES string of the molecule is CCC(=O)N/N=C(/C)CC(=O)Nc1cc(Cl)ccc1C. The molecule has 1 aromatic carbocycles. The Kier molecular flexibility index (Phi) is 6.18. The topological polar surface area (TPSA) is 70.6 Å². The van der Waals surface area contributed by atoms with Gasteiger partial charge < -0.3 is 5.32 Å². The second-order valence-corrected chi connectivity index (χ2v) is 4.86. The second-order valence-electron chi connectivity index (χ2n) is 4.42. The molecule has 0 saturated heterocycles. The maximum absolute atomic E-state index is 11.9. The number of nitrogens with zero attached hydrogens (tertiary/aromatic N) is 1. The second kappa shape index (κ2) is 7.65. The lowest BCUT2D eigenvalue weighted by Gasteiger charge is -2.08.